The van der Waals surface area contributed by atoms with E-state index in [0.717, 1.165) is 24.6 Å². The smallest absolute Gasteiger partial charge is 0.110 e. The average Bonchev–Trinajstić information content (AvgIpc) is 3.45. The molecule has 2 saturated heterocycles. The summed E-state index contributed by atoms with van der Waals surface area (Å²) in [7, 11) is 0. The molecule has 3 fully saturated rings. The Morgan fingerprint density at radius 2 is 1.82 bits per heavy atom. The van der Waals surface area contributed by atoms with Crippen molar-refractivity contribution in [3.8, 4) is 0 Å². The van der Waals surface area contributed by atoms with Gasteiger partial charge in [-0.1, -0.05) is 67.6 Å². The van der Waals surface area contributed by atoms with Crippen molar-refractivity contribution in [3.63, 3.8) is 0 Å². The molecule has 1 aromatic carbocycles. The van der Waals surface area contributed by atoms with Crippen molar-refractivity contribution in [1.29, 1.82) is 0 Å². The lowest BCUT2D eigenvalue weighted by molar-refractivity contribution is 0.0619. The van der Waals surface area contributed by atoms with Crippen LogP contribution in [-0.4, -0.2) is 46.5 Å². The maximum atomic E-state index is 6.13. The van der Waals surface area contributed by atoms with Crippen molar-refractivity contribution in [2.24, 2.45) is 5.92 Å². The fourth-order valence-electron chi connectivity index (χ4n) is 4.98. The van der Waals surface area contributed by atoms with Crippen molar-refractivity contribution in [2.75, 3.05) is 13.2 Å². The first-order valence-electron chi connectivity index (χ1n) is 10.8. The van der Waals surface area contributed by atoms with Gasteiger partial charge in [0.2, 0.25) is 0 Å². The minimum Gasteiger partial charge on any atom is -0.371 e. The Balaban J connectivity index is 1.18. The molecule has 2 aliphatic heterocycles. The van der Waals surface area contributed by atoms with Crippen molar-refractivity contribution >= 4 is 0 Å². The Kier molecular flexibility index (Phi) is 5.43. The number of hydrogen-bond acceptors (Lipinski definition) is 5. The van der Waals surface area contributed by atoms with Gasteiger partial charge in [0.25, 0.3) is 0 Å². The molecule has 4 atom stereocenters. The summed E-state index contributed by atoms with van der Waals surface area (Å²) < 4.78 is 14.2. The van der Waals surface area contributed by atoms with E-state index in [-0.39, 0.29) is 24.3 Å². The van der Waals surface area contributed by atoms with Crippen LogP contribution in [0.25, 0.3) is 0 Å². The molecule has 150 valence electrons. The van der Waals surface area contributed by atoms with Gasteiger partial charge >= 0.3 is 0 Å². The minimum absolute atomic E-state index is 0.0532. The SMILES string of the molecule is c1ccc(CNC2COC3C2OCC3n2cc(CC3CCCCC3)nn2)cc1. The molecule has 6 heteroatoms. The molecule has 3 aliphatic rings. The van der Waals surface area contributed by atoms with Gasteiger partial charge in [-0.3, -0.25) is 0 Å². The van der Waals surface area contributed by atoms with Crippen LogP contribution >= 0.6 is 0 Å². The van der Waals surface area contributed by atoms with Crippen LogP contribution in [0.1, 0.15) is 49.4 Å². The van der Waals surface area contributed by atoms with Crippen LogP contribution in [0.2, 0.25) is 0 Å². The quantitative estimate of drug-likeness (QED) is 0.832. The number of benzene rings is 1. The second-order valence-corrected chi connectivity index (χ2v) is 8.53. The molecule has 1 N–H and O–H groups in total. The van der Waals surface area contributed by atoms with Gasteiger partial charge in [0.15, 0.2) is 0 Å². The number of aromatic nitrogens is 3. The third-order valence-electron chi connectivity index (χ3n) is 6.56. The summed E-state index contributed by atoms with van der Waals surface area (Å²) in [5.74, 6) is 0.778. The Morgan fingerprint density at radius 1 is 1.00 bits per heavy atom. The first kappa shape index (κ1) is 18.3. The van der Waals surface area contributed by atoms with Crippen LogP contribution in [-0.2, 0) is 22.4 Å². The average molecular weight is 383 g/mol. The Hall–Kier alpha value is -1.76. The number of hydrogen-bond donors (Lipinski definition) is 1. The first-order valence-corrected chi connectivity index (χ1v) is 10.8. The molecule has 0 spiro atoms. The van der Waals surface area contributed by atoms with Gasteiger partial charge < -0.3 is 14.8 Å². The van der Waals surface area contributed by atoms with Crippen LogP contribution in [0.3, 0.4) is 0 Å². The van der Waals surface area contributed by atoms with E-state index in [4.69, 9.17) is 9.47 Å². The maximum Gasteiger partial charge on any atom is 0.110 e. The van der Waals surface area contributed by atoms with E-state index in [1.165, 1.54) is 37.7 Å². The summed E-state index contributed by atoms with van der Waals surface area (Å²) in [5.41, 5.74) is 2.40. The zero-order valence-electron chi connectivity index (χ0n) is 16.4. The predicted molar refractivity (Wildman–Crippen MR) is 106 cm³/mol. The molecule has 1 saturated carbocycles. The molecule has 4 unspecified atom stereocenters. The van der Waals surface area contributed by atoms with Crippen molar-refractivity contribution < 1.29 is 9.47 Å². The maximum absolute atomic E-state index is 6.13. The highest BCUT2D eigenvalue weighted by molar-refractivity contribution is 5.15. The zero-order valence-corrected chi connectivity index (χ0v) is 16.4. The number of nitrogens with one attached hydrogen (secondary N) is 1. The fourth-order valence-corrected chi connectivity index (χ4v) is 4.98. The highest BCUT2D eigenvalue weighted by Gasteiger charge is 2.48. The van der Waals surface area contributed by atoms with E-state index >= 15 is 0 Å². The summed E-state index contributed by atoms with van der Waals surface area (Å²) >= 11 is 0. The van der Waals surface area contributed by atoms with Crippen LogP contribution in [0.4, 0.5) is 0 Å². The van der Waals surface area contributed by atoms with E-state index in [1.54, 1.807) is 0 Å². The largest absolute Gasteiger partial charge is 0.371 e. The lowest BCUT2D eigenvalue weighted by Gasteiger charge is -2.20. The molecule has 1 aliphatic carbocycles. The summed E-state index contributed by atoms with van der Waals surface area (Å²) in [6.07, 6.45) is 10.1. The number of fused-ring (bicyclic) bond motifs is 1. The minimum atomic E-state index is 0.0532. The fraction of sp³-hybridized carbons (Fsp3) is 0.636. The van der Waals surface area contributed by atoms with E-state index in [2.05, 4.69) is 46.1 Å². The third kappa shape index (κ3) is 3.86. The van der Waals surface area contributed by atoms with Crippen LogP contribution in [0, 0.1) is 5.92 Å². The highest BCUT2D eigenvalue weighted by atomic mass is 16.6. The number of ether oxygens (including phenoxy) is 2. The third-order valence-corrected chi connectivity index (χ3v) is 6.56. The molecule has 2 aromatic rings. The molecular weight excluding hydrogens is 352 g/mol. The lowest BCUT2D eigenvalue weighted by atomic mass is 9.86. The lowest BCUT2D eigenvalue weighted by Crippen LogP contribution is -2.40. The molecular formula is C22H30N4O2. The second kappa shape index (κ2) is 8.31. The molecule has 0 bridgehead atoms. The van der Waals surface area contributed by atoms with Gasteiger partial charge in [0.1, 0.15) is 18.2 Å². The molecule has 1 aromatic heterocycles. The predicted octanol–water partition coefficient (Wildman–Crippen LogP) is 2.90. The second-order valence-electron chi connectivity index (χ2n) is 8.53. The summed E-state index contributed by atoms with van der Waals surface area (Å²) in [5, 5.41) is 12.5. The molecule has 5 rings (SSSR count). The van der Waals surface area contributed by atoms with Crippen LogP contribution in [0.15, 0.2) is 36.5 Å². The molecule has 0 amide bonds. The van der Waals surface area contributed by atoms with Crippen LogP contribution in [0.5, 0.6) is 0 Å². The van der Waals surface area contributed by atoms with Crippen molar-refractivity contribution in [1.82, 2.24) is 20.3 Å². The molecule has 0 radical (unpaired) electrons. The molecule has 28 heavy (non-hydrogen) atoms. The zero-order chi connectivity index (χ0) is 18.8. The summed E-state index contributed by atoms with van der Waals surface area (Å²) in [4.78, 5) is 0. The van der Waals surface area contributed by atoms with E-state index in [9.17, 15) is 0 Å². The topological polar surface area (TPSA) is 61.2 Å². The standard InChI is InChI=1S/C22H30N4O2/c1-3-7-16(8-4-1)11-18-13-26(25-24-18)20-15-28-21-19(14-27-22(20)21)23-12-17-9-5-2-6-10-17/h2,5-6,9-10,13,16,19-23H,1,3-4,7-8,11-12,14-15H2. The normalized spacial score (nSPS) is 30.6. The van der Waals surface area contributed by atoms with Crippen LogP contribution < -0.4 is 5.32 Å². The Morgan fingerprint density at radius 3 is 2.68 bits per heavy atom. The number of nitrogens with zero attached hydrogens (tertiary/aromatic N) is 3. The van der Waals surface area contributed by atoms with Gasteiger partial charge in [-0.25, -0.2) is 4.68 Å². The molecule has 3 heterocycles. The summed E-state index contributed by atoms with van der Waals surface area (Å²) in [6, 6.07) is 10.8. The monoisotopic (exact) mass is 382 g/mol. The van der Waals surface area contributed by atoms with Gasteiger partial charge in [-0.15, -0.1) is 5.10 Å². The summed E-state index contributed by atoms with van der Waals surface area (Å²) in [6.45, 7) is 2.16. The van der Waals surface area contributed by atoms with Crippen molar-refractivity contribution in [2.45, 2.75) is 69.4 Å². The van der Waals surface area contributed by atoms with Crippen molar-refractivity contribution in [3.05, 3.63) is 47.8 Å². The van der Waals surface area contributed by atoms with E-state index in [1.807, 2.05) is 10.7 Å². The highest BCUT2D eigenvalue weighted by Crippen LogP contribution is 2.34. The Bertz CT molecular complexity index is 759. The van der Waals surface area contributed by atoms with Gasteiger partial charge in [0.05, 0.1) is 24.9 Å². The Labute approximate surface area is 166 Å². The van der Waals surface area contributed by atoms with E-state index in [0.29, 0.717) is 13.2 Å². The van der Waals surface area contributed by atoms with Gasteiger partial charge in [0, 0.05) is 12.7 Å². The van der Waals surface area contributed by atoms with Gasteiger partial charge in [-0.2, -0.15) is 0 Å². The molecule has 6 nitrogen and oxygen atoms in total. The number of rotatable bonds is 6. The first-order chi connectivity index (χ1) is 13.9. The van der Waals surface area contributed by atoms with Gasteiger partial charge in [-0.05, 0) is 17.9 Å². The van der Waals surface area contributed by atoms with E-state index < -0.39 is 0 Å².